The third kappa shape index (κ3) is 3.45. The van der Waals surface area contributed by atoms with Crippen LogP contribution in [0.15, 0.2) is 18.2 Å². The van der Waals surface area contributed by atoms with Crippen LogP contribution in [0, 0.1) is 6.92 Å². The second-order valence-corrected chi connectivity index (χ2v) is 5.95. The lowest BCUT2D eigenvalue weighted by atomic mass is 10.0. The first-order valence-electron chi connectivity index (χ1n) is 7.22. The van der Waals surface area contributed by atoms with Gasteiger partial charge in [-0.05, 0) is 63.8 Å². The standard InChI is InChI=1S/C16H22ClNO2/c1-11-10-14(7-8-15(11)17)20-13(3)16(19)18-9-5-4-6-12(18)2/h7-8,10,12-13H,4-6,9H2,1-3H3/t12-,13+/m1/s1. The lowest BCUT2D eigenvalue weighted by Gasteiger charge is -2.35. The molecule has 1 fully saturated rings. The largest absolute Gasteiger partial charge is 0.481 e. The molecule has 2 rings (SSSR count). The third-order valence-corrected chi connectivity index (χ3v) is 4.30. The van der Waals surface area contributed by atoms with Crippen LogP contribution in [0.25, 0.3) is 0 Å². The summed E-state index contributed by atoms with van der Waals surface area (Å²) in [5.41, 5.74) is 0.954. The molecular formula is C16H22ClNO2. The van der Waals surface area contributed by atoms with Crippen molar-refractivity contribution < 1.29 is 9.53 Å². The van der Waals surface area contributed by atoms with Crippen molar-refractivity contribution in [3.63, 3.8) is 0 Å². The number of benzene rings is 1. The van der Waals surface area contributed by atoms with Gasteiger partial charge >= 0.3 is 0 Å². The number of aryl methyl sites for hydroxylation is 1. The van der Waals surface area contributed by atoms with Crippen molar-refractivity contribution >= 4 is 17.5 Å². The number of hydrogen-bond donors (Lipinski definition) is 0. The average Bonchev–Trinajstić information content (AvgIpc) is 2.42. The van der Waals surface area contributed by atoms with E-state index >= 15 is 0 Å². The van der Waals surface area contributed by atoms with E-state index in [0.717, 1.165) is 24.9 Å². The topological polar surface area (TPSA) is 29.5 Å². The maximum atomic E-state index is 12.4. The van der Waals surface area contributed by atoms with Gasteiger partial charge < -0.3 is 9.64 Å². The Balaban J connectivity index is 2.01. The molecule has 0 saturated carbocycles. The first-order chi connectivity index (χ1) is 9.49. The van der Waals surface area contributed by atoms with Crippen LogP contribution in [-0.4, -0.2) is 29.5 Å². The highest BCUT2D eigenvalue weighted by molar-refractivity contribution is 6.31. The molecule has 1 aromatic carbocycles. The smallest absolute Gasteiger partial charge is 0.263 e. The molecule has 2 atom stereocenters. The van der Waals surface area contributed by atoms with E-state index in [-0.39, 0.29) is 5.91 Å². The van der Waals surface area contributed by atoms with Crippen LogP contribution < -0.4 is 4.74 Å². The minimum atomic E-state index is -0.462. The normalized spacial score (nSPS) is 20.6. The monoisotopic (exact) mass is 295 g/mol. The highest BCUT2D eigenvalue weighted by Crippen LogP contribution is 2.23. The summed E-state index contributed by atoms with van der Waals surface area (Å²) in [6, 6.07) is 5.78. The Morgan fingerprint density at radius 2 is 2.20 bits per heavy atom. The van der Waals surface area contributed by atoms with Crippen LogP contribution in [0.3, 0.4) is 0 Å². The van der Waals surface area contributed by atoms with E-state index in [1.54, 1.807) is 12.1 Å². The first-order valence-corrected chi connectivity index (χ1v) is 7.60. The van der Waals surface area contributed by atoms with Crippen LogP contribution >= 0.6 is 11.6 Å². The average molecular weight is 296 g/mol. The fourth-order valence-corrected chi connectivity index (χ4v) is 2.72. The van der Waals surface area contributed by atoms with Gasteiger partial charge in [0.25, 0.3) is 5.91 Å². The number of carbonyl (C=O) groups is 1. The number of rotatable bonds is 3. The summed E-state index contributed by atoms with van der Waals surface area (Å²) in [6.45, 7) is 6.69. The quantitative estimate of drug-likeness (QED) is 0.848. The molecule has 1 amide bonds. The Hall–Kier alpha value is -1.22. The zero-order valence-electron chi connectivity index (χ0n) is 12.4. The molecule has 0 aliphatic carbocycles. The molecule has 1 aromatic rings. The number of halogens is 1. The Morgan fingerprint density at radius 3 is 2.85 bits per heavy atom. The number of piperidine rings is 1. The Morgan fingerprint density at radius 1 is 1.45 bits per heavy atom. The van der Waals surface area contributed by atoms with Crippen LogP contribution in [0.4, 0.5) is 0 Å². The zero-order valence-corrected chi connectivity index (χ0v) is 13.1. The summed E-state index contributed by atoms with van der Waals surface area (Å²) in [6.07, 6.45) is 2.91. The molecule has 110 valence electrons. The van der Waals surface area contributed by atoms with Gasteiger partial charge in [-0.25, -0.2) is 0 Å². The Labute approximate surface area is 125 Å². The van der Waals surface area contributed by atoms with E-state index in [1.165, 1.54) is 6.42 Å². The van der Waals surface area contributed by atoms with Gasteiger partial charge in [-0.3, -0.25) is 4.79 Å². The van der Waals surface area contributed by atoms with Gasteiger partial charge in [0.15, 0.2) is 6.10 Å². The number of ether oxygens (including phenoxy) is 1. The van der Waals surface area contributed by atoms with E-state index in [2.05, 4.69) is 6.92 Å². The van der Waals surface area contributed by atoms with Gasteiger partial charge in [0.1, 0.15) is 5.75 Å². The molecule has 1 aliphatic heterocycles. The third-order valence-electron chi connectivity index (χ3n) is 3.88. The molecule has 1 heterocycles. The molecule has 20 heavy (non-hydrogen) atoms. The van der Waals surface area contributed by atoms with Crippen molar-refractivity contribution in [1.82, 2.24) is 4.90 Å². The van der Waals surface area contributed by atoms with Gasteiger partial charge in [-0.1, -0.05) is 11.6 Å². The van der Waals surface area contributed by atoms with Gasteiger partial charge in [-0.15, -0.1) is 0 Å². The second-order valence-electron chi connectivity index (χ2n) is 5.55. The Bertz CT molecular complexity index is 489. The molecule has 0 radical (unpaired) electrons. The summed E-state index contributed by atoms with van der Waals surface area (Å²) >= 11 is 5.99. The molecule has 1 saturated heterocycles. The van der Waals surface area contributed by atoms with E-state index in [0.29, 0.717) is 16.8 Å². The van der Waals surface area contributed by atoms with E-state index < -0.39 is 6.10 Å². The first kappa shape index (κ1) is 15.2. The van der Waals surface area contributed by atoms with Crippen molar-refractivity contribution in [2.75, 3.05) is 6.54 Å². The van der Waals surface area contributed by atoms with Crippen molar-refractivity contribution in [2.45, 2.75) is 52.2 Å². The summed E-state index contributed by atoms with van der Waals surface area (Å²) in [5.74, 6) is 0.766. The number of amides is 1. The van der Waals surface area contributed by atoms with Crippen molar-refractivity contribution in [1.29, 1.82) is 0 Å². The summed E-state index contributed by atoms with van der Waals surface area (Å²) < 4.78 is 5.76. The summed E-state index contributed by atoms with van der Waals surface area (Å²) in [5, 5.41) is 0.709. The van der Waals surface area contributed by atoms with Gasteiger partial charge in [0, 0.05) is 17.6 Å². The molecule has 1 aliphatic rings. The van der Waals surface area contributed by atoms with Crippen molar-refractivity contribution in [2.24, 2.45) is 0 Å². The molecule has 4 heteroatoms. The predicted molar refractivity (Wildman–Crippen MR) is 81.3 cm³/mol. The van der Waals surface area contributed by atoms with Gasteiger partial charge in [0.2, 0.25) is 0 Å². The molecule has 0 N–H and O–H groups in total. The maximum absolute atomic E-state index is 12.4. The van der Waals surface area contributed by atoms with Crippen LogP contribution in [-0.2, 0) is 4.79 Å². The van der Waals surface area contributed by atoms with E-state index in [9.17, 15) is 4.79 Å². The minimum Gasteiger partial charge on any atom is -0.481 e. The molecule has 0 aromatic heterocycles. The predicted octanol–water partition coefficient (Wildman–Crippen LogP) is 3.82. The highest BCUT2D eigenvalue weighted by atomic mass is 35.5. The molecule has 0 spiro atoms. The van der Waals surface area contributed by atoms with Crippen LogP contribution in [0.5, 0.6) is 5.75 Å². The molecule has 0 unspecified atom stereocenters. The fourth-order valence-electron chi connectivity index (χ4n) is 2.60. The maximum Gasteiger partial charge on any atom is 0.263 e. The lowest BCUT2D eigenvalue weighted by molar-refractivity contribution is -0.141. The number of nitrogens with zero attached hydrogens (tertiary/aromatic N) is 1. The van der Waals surface area contributed by atoms with E-state index in [1.807, 2.05) is 24.8 Å². The summed E-state index contributed by atoms with van der Waals surface area (Å²) in [7, 11) is 0. The van der Waals surface area contributed by atoms with Crippen LogP contribution in [0.1, 0.15) is 38.7 Å². The van der Waals surface area contributed by atoms with Gasteiger partial charge in [0.05, 0.1) is 0 Å². The lowest BCUT2D eigenvalue weighted by Crippen LogP contribution is -2.47. The second kappa shape index (κ2) is 6.49. The number of hydrogen-bond acceptors (Lipinski definition) is 2. The van der Waals surface area contributed by atoms with Crippen molar-refractivity contribution in [3.8, 4) is 5.75 Å². The zero-order chi connectivity index (χ0) is 14.7. The molecular weight excluding hydrogens is 274 g/mol. The van der Waals surface area contributed by atoms with Crippen molar-refractivity contribution in [3.05, 3.63) is 28.8 Å². The van der Waals surface area contributed by atoms with Gasteiger partial charge in [-0.2, -0.15) is 0 Å². The van der Waals surface area contributed by atoms with Crippen LogP contribution in [0.2, 0.25) is 5.02 Å². The Kier molecular flexibility index (Phi) is 4.92. The molecule has 0 bridgehead atoms. The molecule has 3 nitrogen and oxygen atoms in total. The fraction of sp³-hybridized carbons (Fsp3) is 0.562. The highest BCUT2D eigenvalue weighted by Gasteiger charge is 2.28. The summed E-state index contributed by atoms with van der Waals surface area (Å²) in [4.78, 5) is 14.4. The van der Waals surface area contributed by atoms with E-state index in [4.69, 9.17) is 16.3 Å². The number of likely N-dealkylation sites (tertiary alicyclic amines) is 1. The minimum absolute atomic E-state index is 0.0739. The SMILES string of the molecule is Cc1cc(O[C@@H](C)C(=O)N2CCCC[C@H]2C)ccc1Cl. The number of carbonyl (C=O) groups excluding carboxylic acids is 1.